The van der Waals surface area contributed by atoms with E-state index in [1.807, 2.05) is 30.0 Å². The lowest BCUT2D eigenvalue weighted by atomic mass is 9.87. The number of nitrogens with zero attached hydrogens (tertiary/aromatic N) is 1. The summed E-state index contributed by atoms with van der Waals surface area (Å²) in [5.74, 6) is -0.362. The van der Waals surface area contributed by atoms with E-state index >= 15 is 0 Å². The number of amides is 1. The molecule has 1 fully saturated rings. The Balaban J connectivity index is 1.61. The van der Waals surface area contributed by atoms with E-state index in [1.165, 1.54) is 17.7 Å². The van der Waals surface area contributed by atoms with Crippen molar-refractivity contribution in [1.29, 1.82) is 0 Å². The molecule has 0 spiro atoms. The van der Waals surface area contributed by atoms with Gasteiger partial charge in [0.05, 0.1) is 18.8 Å². The van der Waals surface area contributed by atoms with Gasteiger partial charge in [0.15, 0.2) is 0 Å². The molecule has 4 rings (SSSR count). The number of carbonyl (C=O) groups excluding carboxylic acids is 1. The molecule has 4 atom stereocenters. The molecule has 0 bridgehead atoms. The smallest absolute Gasteiger partial charge is 0.252 e. The van der Waals surface area contributed by atoms with Gasteiger partial charge in [0.2, 0.25) is 0 Å². The third-order valence-electron chi connectivity index (χ3n) is 5.83. The van der Waals surface area contributed by atoms with Crippen LogP contribution in [0, 0.1) is 5.82 Å². The SMILES string of the molecule is CCO[C@@H]1CO[C@@H](C(=O)N2CCc3ccccc3[C@@H]2c2ccc(F)cc2)C[C@H]1N. The predicted molar refractivity (Wildman–Crippen MR) is 108 cm³/mol. The second-order valence-corrected chi connectivity index (χ2v) is 7.65. The van der Waals surface area contributed by atoms with E-state index in [0.29, 0.717) is 26.2 Å². The molecular weight excluding hydrogens is 371 g/mol. The van der Waals surface area contributed by atoms with Crippen LogP contribution in [-0.4, -0.2) is 48.8 Å². The largest absolute Gasteiger partial charge is 0.374 e. The number of nitrogens with two attached hydrogens (primary N) is 1. The number of benzene rings is 2. The summed E-state index contributed by atoms with van der Waals surface area (Å²) in [6.07, 6.45) is 0.437. The molecule has 0 aromatic heterocycles. The normalized spacial score (nSPS) is 26.8. The Hall–Kier alpha value is -2.28. The average Bonchev–Trinajstić information content (AvgIpc) is 2.74. The van der Waals surface area contributed by atoms with Crippen LogP contribution >= 0.6 is 0 Å². The van der Waals surface area contributed by atoms with Crippen LogP contribution in [-0.2, 0) is 20.7 Å². The van der Waals surface area contributed by atoms with Crippen LogP contribution in [0.25, 0.3) is 0 Å². The quantitative estimate of drug-likeness (QED) is 0.860. The maximum absolute atomic E-state index is 13.5. The van der Waals surface area contributed by atoms with E-state index in [-0.39, 0.29) is 29.9 Å². The van der Waals surface area contributed by atoms with Gasteiger partial charge in [0.1, 0.15) is 11.9 Å². The average molecular weight is 398 g/mol. The number of rotatable bonds is 4. The lowest BCUT2D eigenvalue weighted by Crippen LogP contribution is -2.54. The van der Waals surface area contributed by atoms with Crippen LogP contribution in [0.1, 0.15) is 36.1 Å². The van der Waals surface area contributed by atoms with Crippen molar-refractivity contribution in [3.8, 4) is 0 Å². The number of fused-ring (bicyclic) bond motifs is 1. The van der Waals surface area contributed by atoms with Gasteiger partial charge in [-0.25, -0.2) is 4.39 Å². The molecule has 2 aromatic rings. The van der Waals surface area contributed by atoms with Crippen LogP contribution in [0.4, 0.5) is 4.39 Å². The zero-order valence-electron chi connectivity index (χ0n) is 16.6. The first-order valence-electron chi connectivity index (χ1n) is 10.2. The molecule has 6 heteroatoms. The molecule has 2 heterocycles. The highest BCUT2D eigenvalue weighted by Crippen LogP contribution is 2.36. The minimum Gasteiger partial charge on any atom is -0.374 e. The molecule has 1 saturated heterocycles. The standard InChI is InChI=1S/C23H27FN2O3/c1-2-28-21-14-29-20(13-19(21)25)23(27)26-12-11-15-5-3-4-6-18(15)22(26)16-7-9-17(24)10-8-16/h3-10,19-22H,2,11-14,25H2,1H3/t19-,20-,21-,22+/m1/s1. The second kappa shape index (κ2) is 8.61. The van der Waals surface area contributed by atoms with Gasteiger partial charge in [0, 0.05) is 25.6 Å². The van der Waals surface area contributed by atoms with E-state index < -0.39 is 6.10 Å². The van der Waals surface area contributed by atoms with Crippen LogP contribution in [0.3, 0.4) is 0 Å². The molecule has 0 radical (unpaired) electrons. The highest BCUT2D eigenvalue weighted by Gasteiger charge is 2.39. The molecule has 5 nitrogen and oxygen atoms in total. The van der Waals surface area contributed by atoms with Crippen molar-refractivity contribution in [1.82, 2.24) is 4.90 Å². The molecule has 2 N–H and O–H groups in total. The zero-order valence-corrected chi connectivity index (χ0v) is 16.6. The zero-order chi connectivity index (χ0) is 20.4. The summed E-state index contributed by atoms with van der Waals surface area (Å²) in [5.41, 5.74) is 9.42. The Morgan fingerprint density at radius 3 is 2.72 bits per heavy atom. The minimum absolute atomic E-state index is 0.0702. The van der Waals surface area contributed by atoms with Crippen LogP contribution < -0.4 is 5.73 Å². The topological polar surface area (TPSA) is 64.8 Å². The summed E-state index contributed by atoms with van der Waals surface area (Å²) in [6.45, 7) is 3.39. The number of ether oxygens (including phenoxy) is 2. The first kappa shape index (κ1) is 20.0. The lowest BCUT2D eigenvalue weighted by molar-refractivity contribution is -0.157. The second-order valence-electron chi connectivity index (χ2n) is 7.65. The number of hydrogen-bond donors (Lipinski definition) is 1. The fourth-order valence-corrected chi connectivity index (χ4v) is 4.35. The lowest BCUT2D eigenvalue weighted by Gasteiger charge is -2.41. The Kier molecular flexibility index (Phi) is 5.94. The summed E-state index contributed by atoms with van der Waals surface area (Å²) in [5, 5.41) is 0. The van der Waals surface area contributed by atoms with E-state index in [2.05, 4.69) is 6.07 Å². The molecular formula is C23H27FN2O3. The minimum atomic E-state index is -0.588. The van der Waals surface area contributed by atoms with Crippen molar-refractivity contribution in [2.45, 2.75) is 44.1 Å². The maximum Gasteiger partial charge on any atom is 0.252 e. The maximum atomic E-state index is 13.5. The van der Waals surface area contributed by atoms with Crippen molar-refractivity contribution < 1.29 is 18.7 Å². The Morgan fingerprint density at radius 1 is 1.24 bits per heavy atom. The van der Waals surface area contributed by atoms with Crippen molar-refractivity contribution in [2.24, 2.45) is 5.73 Å². The van der Waals surface area contributed by atoms with E-state index in [1.54, 1.807) is 12.1 Å². The Bertz CT molecular complexity index is 857. The van der Waals surface area contributed by atoms with Crippen LogP contribution in [0.15, 0.2) is 48.5 Å². The summed E-state index contributed by atoms with van der Waals surface area (Å²) in [4.78, 5) is 15.3. The molecule has 0 unspecified atom stereocenters. The van der Waals surface area contributed by atoms with Crippen molar-refractivity contribution in [3.63, 3.8) is 0 Å². The molecule has 0 aliphatic carbocycles. The molecule has 2 aromatic carbocycles. The van der Waals surface area contributed by atoms with E-state index in [9.17, 15) is 9.18 Å². The van der Waals surface area contributed by atoms with Gasteiger partial charge in [-0.3, -0.25) is 4.79 Å². The summed E-state index contributed by atoms with van der Waals surface area (Å²) in [6, 6.07) is 14.0. The third-order valence-corrected chi connectivity index (χ3v) is 5.83. The monoisotopic (exact) mass is 398 g/mol. The van der Waals surface area contributed by atoms with Gasteiger partial charge in [-0.05, 0) is 42.2 Å². The van der Waals surface area contributed by atoms with Gasteiger partial charge in [-0.1, -0.05) is 36.4 Å². The van der Waals surface area contributed by atoms with Crippen LogP contribution in [0.5, 0.6) is 0 Å². The van der Waals surface area contributed by atoms with E-state index in [4.69, 9.17) is 15.2 Å². The molecule has 29 heavy (non-hydrogen) atoms. The predicted octanol–water partition coefficient (Wildman–Crippen LogP) is 2.82. The first-order chi connectivity index (χ1) is 14.1. The number of halogens is 1. The third kappa shape index (κ3) is 4.06. The van der Waals surface area contributed by atoms with Gasteiger partial charge >= 0.3 is 0 Å². The van der Waals surface area contributed by atoms with Crippen molar-refractivity contribution >= 4 is 5.91 Å². The highest BCUT2D eigenvalue weighted by molar-refractivity contribution is 5.82. The van der Waals surface area contributed by atoms with Gasteiger partial charge < -0.3 is 20.1 Å². The van der Waals surface area contributed by atoms with Crippen LogP contribution in [0.2, 0.25) is 0 Å². The Morgan fingerprint density at radius 2 is 2.00 bits per heavy atom. The highest BCUT2D eigenvalue weighted by atomic mass is 19.1. The molecule has 0 saturated carbocycles. The van der Waals surface area contributed by atoms with Crippen molar-refractivity contribution in [2.75, 3.05) is 19.8 Å². The fraction of sp³-hybridized carbons (Fsp3) is 0.435. The first-order valence-corrected chi connectivity index (χ1v) is 10.2. The summed E-state index contributed by atoms with van der Waals surface area (Å²) < 4.78 is 25.0. The van der Waals surface area contributed by atoms with Crippen molar-refractivity contribution in [3.05, 3.63) is 71.0 Å². The summed E-state index contributed by atoms with van der Waals surface area (Å²) in [7, 11) is 0. The molecule has 154 valence electrons. The number of carbonyl (C=O) groups is 1. The van der Waals surface area contributed by atoms with Gasteiger partial charge in [-0.2, -0.15) is 0 Å². The molecule has 1 amide bonds. The Labute approximate surface area is 170 Å². The van der Waals surface area contributed by atoms with E-state index in [0.717, 1.165) is 17.5 Å². The fourth-order valence-electron chi connectivity index (χ4n) is 4.35. The van der Waals surface area contributed by atoms with Gasteiger partial charge in [-0.15, -0.1) is 0 Å². The molecule has 2 aliphatic rings. The molecule has 2 aliphatic heterocycles. The summed E-state index contributed by atoms with van der Waals surface area (Å²) >= 11 is 0. The number of hydrogen-bond acceptors (Lipinski definition) is 4. The van der Waals surface area contributed by atoms with Gasteiger partial charge in [0.25, 0.3) is 5.91 Å².